The molecule has 3 nitrogen and oxygen atoms in total. The van der Waals surface area contributed by atoms with E-state index in [4.69, 9.17) is 5.26 Å². The standard InChI is InChI=1S/C22H23N3/c23-13-17-8-9-22-20(11-17)21(15-25-22)19-12-18(19)14-24-10-4-7-16-5-2-1-3-6-16/h1-3,5-6,8-9,11,15,18-19,24-25H,4,7,10,12,14H2/t18-,19+/m0/s1. The Bertz CT molecular complexity index is 889. The predicted octanol–water partition coefficient (Wildman–Crippen LogP) is 4.37. The number of nitrogens with zero attached hydrogens (tertiary/aromatic N) is 1. The van der Waals surface area contributed by atoms with Gasteiger partial charge in [0.15, 0.2) is 0 Å². The summed E-state index contributed by atoms with van der Waals surface area (Å²) in [6, 6.07) is 18.8. The zero-order chi connectivity index (χ0) is 17.1. The first-order valence-corrected chi connectivity index (χ1v) is 9.11. The zero-order valence-electron chi connectivity index (χ0n) is 14.3. The maximum absolute atomic E-state index is 9.11. The van der Waals surface area contributed by atoms with Crippen LogP contribution in [0.4, 0.5) is 0 Å². The Morgan fingerprint density at radius 2 is 2.04 bits per heavy atom. The molecule has 1 aromatic heterocycles. The molecule has 0 radical (unpaired) electrons. The Hall–Kier alpha value is -2.57. The number of rotatable bonds is 7. The number of nitrogens with one attached hydrogen (secondary N) is 2. The highest BCUT2D eigenvalue weighted by atomic mass is 14.9. The minimum Gasteiger partial charge on any atom is -0.361 e. The molecule has 0 spiro atoms. The van der Waals surface area contributed by atoms with E-state index in [2.05, 4.69) is 52.9 Å². The van der Waals surface area contributed by atoms with Crippen LogP contribution >= 0.6 is 0 Å². The van der Waals surface area contributed by atoms with Crippen LogP contribution in [0.5, 0.6) is 0 Å². The number of fused-ring (bicyclic) bond motifs is 1. The number of aromatic amines is 1. The van der Waals surface area contributed by atoms with Gasteiger partial charge in [-0.3, -0.25) is 0 Å². The second kappa shape index (κ2) is 7.13. The first kappa shape index (κ1) is 15.9. The minimum atomic E-state index is 0.629. The fourth-order valence-electron chi connectivity index (χ4n) is 3.72. The van der Waals surface area contributed by atoms with Crippen molar-refractivity contribution in [3.63, 3.8) is 0 Å². The van der Waals surface area contributed by atoms with Crippen LogP contribution in [0, 0.1) is 17.2 Å². The summed E-state index contributed by atoms with van der Waals surface area (Å²) in [6.07, 6.45) is 5.70. The first-order chi connectivity index (χ1) is 12.3. The number of benzene rings is 2. The number of hydrogen-bond acceptors (Lipinski definition) is 2. The van der Waals surface area contributed by atoms with Crippen molar-refractivity contribution in [1.82, 2.24) is 10.3 Å². The number of H-pyrrole nitrogens is 1. The lowest BCUT2D eigenvalue weighted by Gasteiger charge is -2.05. The van der Waals surface area contributed by atoms with Crippen LogP contribution in [0.3, 0.4) is 0 Å². The Kier molecular flexibility index (Phi) is 4.54. The fraction of sp³-hybridized carbons (Fsp3) is 0.318. The van der Waals surface area contributed by atoms with Gasteiger partial charge >= 0.3 is 0 Å². The monoisotopic (exact) mass is 329 g/mol. The molecule has 25 heavy (non-hydrogen) atoms. The normalized spacial score (nSPS) is 19.0. The second-order valence-electron chi connectivity index (χ2n) is 7.01. The van der Waals surface area contributed by atoms with Crippen LogP contribution in [-0.4, -0.2) is 18.1 Å². The number of hydrogen-bond donors (Lipinski definition) is 2. The SMILES string of the molecule is N#Cc1ccc2[nH]cc([C@@H]3C[C@H]3CNCCCc3ccccc3)c2c1. The largest absolute Gasteiger partial charge is 0.361 e. The zero-order valence-corrected chi connectivity index (χ0v) is 14.3. The number of aromatic nitrogens is 1. The molecule has 4 rings (SSSR count). The highest BCUT2D eigenvalue weighted by Gasteiger charge is 2.39. The molecule has 1 saturated carbocycles. The maximum Gasteiger partial charge on any atom is 0.0991 e. The summed E-state index contributed by atoms with van der Waals surface area (Å²) in [7, 11) is 0. The topological polar surface area (TPSA) is 51.6 Å². The van der Waals surface area contributed by atoms with E-state index in [-0.39, 0.29) is 0 Å². The van der Waals surface area contributed by atoms with Gasteiger partial charge in [0.1, 0.15) is 0 Å². The summed E-state index contributed by atoms with van der Waals surface area (Å²) in [4.78, 5) is 3.35. The van der Waals surface area contributed by atoms with Crippen LogP contribution in [0.25, 0.3) is 10.9 Å². The van der Waals surface area contributed by atoms with Crippen molar-refractivity contribution in [3.8, 4) is 6.07 Å². The van der Waals surface area contributed by atoms with Crippen molar-refractivity contribution in [2.24, 2.45) is 5.92 Å². The molecular formula is C22H23N3. The van der Waals surface area contributed by atoms with E-state index < -0.39 is 0 Å². The van der Waals surface area contributed by atoms with E-state index in [0.717, 1.165) is 36.5 Å². The summed E-state index contributed by atoms with van der Waals surface area (Å²) >= 11 is 0. The Morgan fingerprint density at radius 1 is 1.16 bits per heavy atom. The van der Waals surface area contributed by atoms with Crippen LogP contribution in [0.15, 0.2) is 54.7 Å². The van der Waals surface area contributed by atoms with Gasteiger partial charge in [0, 0.05) is 17.1 Å². The molecule has 1 aliphatic rings. The third kappa shape index (κ3) is 3.60. The molecular weight excluding hydrogens is 306 g/mol. The third-order valence-electron chi connectivity index (χ3n) is 5.23. The smallest absolute Gasteiger partial charge is 0.0991 e. The first-order valence-electron chi connectivity index (χ1n) is 9.11. The average molecular weight is 329 g/mol. The van der Waals surface area contributed by atoms with E-state index in [0.29, 0.717) is 5.92 Å². The predicted molar refractivity (Wildman–Crippen MR) is 101 cm³/mol. The van der Waals surface area contributed by atoms with Gasteiger partial charge in [-0.25, -0.2) is 0 Å². The molecule has 0 unspecified atom stereocenters. The van der Waals surface area contributed by atoms with Crippen molar-refractivity contribution in [3.05, 3.63) is 71.4 Å². The molecule has 1 fully saturated rings. The Balaban J connectivity index is 1.26. The number of aryl methyl sites for hydroxylation is 1. The highest BCUT2D eigenvalue weighted by Crippen LogP contribution is 2.49. The van der Waals surface area contributed by atoms with Crippen LogP contribution < -0.4 is 5.32 Å². The molecule has 3 aromatic rings. The second-order valence-corrected chi connectivity index (χ2v) is 7.01. The van der Waals surface area contributed by atoms with Crippen molar-refractivity contribution in [2.45, 2.75) is 25.2 Å². The van der Waals surface area contributed by atoms with Crippen LogP contribution in [-0.2, 0) is 6.42 Å². The fourth-order valence-corrected chi connectivity index (χ4v) is 3.72. The van der Waals surface area contributed by atoms with Crippen molar-refractivity contribution < 1.29 is 0 Å². The highest BCUT2D eigenvalue weighted by molar-refractivity contribution is 5.85. The van der Waals surface area contributed by atoms with Gasteiger partial charge in [0.2, 0.25) is 0 Å². The van der Waals surface area contributed by atoms with Crippen LogP contribution in [0.1, 0.15) is 35.4 Å². The van der Waals surface area contributed by atoms with Gasteiger partial charge in [0.25, 0.3) is 0 Å². The molecule has 1 aliphatic carbocycles. The molecule has 0 amide bonds. The lowest BCUT2D eigenvalue weighted by atomic mass is 10.1. The molecule has 0 aliphatic heterocycles. The third-order valence-corrected chi connectivity index (χ3v) is 5.23. The van der Waals surface area contributed by atoms with E-state index in [1.807, 2.05) is 18.2 Å². The minimum absolute atomic E-state index is 0.629. The molecule has 2 aromatic carbocycles. The average Bonchev–Trinajstić information content (AvgIpc) is 3.30. The van der Waals surface area contributed by atoms with Gasteiger partial charge in [-0.1, -0.05) is 30.3 Å². The van der Waals surface area contributed by atoms with E-state index in [1.165, 1.54) is 29.4 Å². The van der Waals surface area contributed by atoms with E-state index >= 15 is 0 Å². The molecule has 126 valence electrons. The number of nitriles is 1. The van der Waals surface area contributed by atoms with Crippen molar-refractivity contribution in [1.29, 1.82) is 5.26 Å². The van der Waals surface area contributed by atoms with Gasteiger partial charge in [-0.2, -0.15) is 5.26 Å². The van der Waals surface area contributed by atoms with Crippen molar-refractivity contribution >= 4 is 10.9 Å². The van der Waals surface area contributed by atoms with Gasteiger partial charge in [-0.05, 0) is 73.5 Å². The Morgan fingerprint density at radius 3 is 2.88 bits per heavy atom. The summed E-state index contributed by atoms with van der Waals surface area (Å²) in [6.45, 7) is 2.16. The quantitative estimate of drug-likeness (QED) is 0.633. The summed E-state index contributed by atoms with van der Waals surface area (Å²) in [5.41, 5.74) is 4.67. The van der Waals surface area contributed by atoms with Gasteiger partial charge in [0.05, 0.1) is 11.6 Å². The molecule has 1 heterocycles. The lowest BCUT2D eigenvalue weighted by Crippen LogP contribution is -2.19. The summed E-state index contributed by atoms with van der Waals surface area (Å²) in [5, 5.41) is 13.9. The van der Waals surface area contributed by atoms with Crippen molar-refractivity contribution in [2.75, 3.05) is 13.1 Å². The molecule has 2 atom stereocenters. The summed E-state index contributed by atoms with van der Waals surface area (Å²) < 4.78 is 0. The van der Waals surface area contributed by atoms with E-state index in [9.17, 15) is 0 Å². The molecule has 0 saturated heterocycles. The lowest BCUT2D eigenvalue weighted by molar-refractivity contribution is 0.605. The summed E-state index contributed by atoms with van der Waals surface area (Å²) in [5.74, 6) is 1.35. The molecule has 3 heteroatoms. The maximum atomic E-state index is 9.11. The van der Waals surface area contributed by atoms with Gasteiger partial charge < -0.3 is 10.3 Å². The molecule has 0 bridgehead atoms. The molecule has 2 N–H and O–H groups in total. The van der Waals surface area contributed by atoms with Crippen LogP contribution in [0.2, 0.25) is 0 Å². The van der Waals surface area contributed by atoms with Gasteiger partial charge in [-0.15, -0.1) is 0 Å². The van der Waals surface area contributed by atoms with E-state index in [1.54, 1.807) is 0 Å². The Labute approximate surface area is 148 Å².